The Hall–Kier alpha value is -1.42. The summed E-state index contributed by atoms with van der Waals surface area (Å²) in [5, 5.41) is 0. The van der Waals surface area contributed by atoms with Gasteiger partial charge in [-0.1, -0.05) is 0 Å². The second-order valence-electron chi connectivity index (χ2n) is 4.33. The fraction of sp³-hybridized carbons (Fsp3) is 0.455. The average molecular weight is 207 g/mol. The van der Waals surface area contributed by atoms with E-state index in [-0.39, 0.29) is 5.91 Å². The fourth-order valence-electron chi connectivity index (χ4n) is 1.20. The van der Waals surface area contributed by atoms with Gasteiger partial charge in [0.25, 0.3) is 0 Å². The SMILES string of the molecule is CN(C(=O)CC(C)(C)N)c1cccnc1. The highest BCUT2D eigenvalue weighted by Crippen LogP contribution is 2.13. The molecule has 0 aromatic carbocycles. The van der Waals surface area contributed by atoms with Gasteiger partial charge in [-0.3, -0.25) is 9.78 Å². The van der Waals surface area contributed by atoms with Gasteiger partial charge < -0.3 is 10.6 Å². The Balaban J connectivity index is 2.70. The van der Waals surface area contributed by atoms with Gasteiger partial charge in [0.1, 0.15) is 0 Å². The Morgan fingerprint density at radius 2 is 2.27 bits per heavy atom. The van der Waals surface area contributed by atoms with E-state index in [2.05, 4.69) is 4.98 Å². The molecule has 4 nitrogen and oxygen atoms in total. The van der Waals surface area contributed by atoms with Gasteiger partial charge in [-0.25, -0.2) is 0 Å². The van der Waals surface area contributed by atoms with Crippen molar-refractivity contribution < 1.29 is 4.79 Å². The largest absolute Gasteiger partial charge is 0.325 e. The minimum absolute atomic E-state index is 0.00417. The minimum Gasteiger partial charge on any atom is -0.325 e. The summed E-state index contributed by atoms with van der Waals surface area (Å²) in [5.41, 5.74) is 6.09. The van der Waals surface area contributed by atoms with Crippen LogP contribution in [0, 0.1) is 0 Å². The van der Waals surface area contributed by atoms with Gasteiger partial charge in [-0.05, 0) is 26.0 Å². The van der Waals surface area contributed by atoms with Crippen molar-refractivity contribution >= 4 is 11.6 Å². The quantitative estimate of drug-likeness (QED) is 0.809. The molecule has 0 radical (unpaired) electrons. The van der Waals surface area contributed by atoms with Crippen molar-refractivity contribution in [2.24, 2.45) is 5.73 Å². The molecule has 0 aliphatic heterocycles. The number of amides is 1. The van der Waals surface area contributed by atoms with E-state index in [0.29, 0.717) is 6.42 Å². The number of aromatic nitrogens is 1. The third-order valence-electron chi connectivity index (χ3n) is 2.01. The number of anilines is 1. The summed E-state index contributed by atoms with van der Waals surface area (Å²) in [7, 11) is 1.73. The van der Waals surface area contributed by atoms with E-state index in [0.717, 1.165) is 5.69 Å². The Kier molecular flexibility index (Phi) is 3.42. The van der Waals surface area contributed by atoms with Crippen molar-refractivity contribution in [3.63, 3.8) is 0 Å². The monoisotopic (exact) mass is 207 g/mol. The first-order valence-corrected chi connectivity index (χ1v) is 4.85. The first-order valence-electron chi connectivity index (χ1n) is 4.85. The predicted molar refractivity (Wildman–Crippen MR) is 60.5 cm³/mol. The van der Waals surface area contributed by atoms with Crippen molar-refractivity contribution in [2.75, 3.05) is 11.9 Å². The Morgan fingerprint density at radius 3 is 2.73 bits per heavy atom. The number of hydrogen-bond acceptors (Lipinski definition) is 3. The van der Waals surface area contributed by atoms with Crippen LogP contribution in [-0.4, -0.2) is 23.5 Å². The first kappa shape index (κ1) is 11.7. The lowest BCUT2D eigenvalue weighted by Crippen LogP contribution is -2.39. The van der Waals surface area contributed by atoms with Crippen LogP contribution in [0.4, 0.5) is 5.69 Å². The smallest absolute Gasteiger partial charge is 0.228 e. The van der Waals surface area contributed by atoms with Crippen LogP contribution in [0.15, 0.2) is 24.5 Å². The molecule has 1 aromatic rings. The van der Waals surface area contributed by atoms with Crippen molar-refractivity contribution in [1.82, 2.24) is 4.98 Å². The summed E-state index contributed by atoms with van der Waals surface area (Å²) < 4.78 is 0. The molecule has 1 heterocycles. The molecule has 4 heteroatoms. The number of nitrogens with zero attached hydrogens (tertiary/aromatic N) is 2. The zero-order chi connectivity index (χ0) is 11.5. The van der Waals surface area contributed by atoms with E-state index >= 15 is 0 Å². The number of rotatable bonds is 3. The van der Waals surface area contributed by atoms with Crippen LogP contribution in [0.1, 0.15) is 20.3 Å². The molecule has 1 aromatic heterocycles. The van der Waals surface area contributed by atoms with Crippen LogP contribution >= 0.6 is 0 Å². The maximum absolute atomic E-state index is 11.8. The normalized spacial score (nSPS) is 11.2. The summed E-state index contributed by atoms with van der Waals surface area (Å²) in [6.45, 7) is 3.67. The zero-order valence-electron chi connectivity index (χ0n) is 9.40. The van der Waals surface area contributed by atoms with Crippen molar-refractivity contribution in [2.45, 2.75) is 25.8 Å². The molecule has 0 aliphatic carbocycles. The Morgan fingerprint density at radius 1 is 1.60 bits per heavy atom. The highest BCUT2D eigenvalue weighted by molar-refractivity contribution is 5.93. The van der Waals surface area contributed by atoms with Gasteiger partial charge in [0.05, 0.1) is 11.9 Å². The molecule has 1 amide bonds. The Labute approximate surface area is 90.1 Å². The third kappa shape index (κ3) is 3.67. The summed E-state index contributed by atoms with van der Waals surface area (Å²) in [6, 6.07) is 3.64. The third-order valence-corrected chi connectivity index (χ3v) is 2.01. The second-order valence-corrected chi connectivity index (χ2v) is 4.33. The molecule has 0 unspecified atom stereocenters. The van der Waals surface area contributed by atoms with Gasteiger partial charge in [-0.15, -0.1) is 0 Å². The first-order chi connectivity index (χ1) is 6.90. The number of hydrogen-bond donors (Lipinski definition) is 1. The predicted octanol–water partition coefficient (Wildman–Crippen LogP) is 1.17. The molecule has 0 saturated heterocycles. The molecule has 2 N–H and O–H groups in total. The average Bonchev–Trinajstić information content (AvgIpc) is 2.15. The molecule has 1 rings (SSSR count). The summed E-state index contributed by atoms with van der Waals surface area (Å²) in [4.78, 5) is 17.3. The molecule has 82 valence electrons. The minimum atomic E-state index is -0.479. The van der Waals surface area contributed by atoms with Gasteiger partial charge in [0, 0.05) is 25.2 Å². The van der Waals surface area contributed by atoms with E-state index in [4.69, 9.17) is 5.73 Å². The second kappa shape index (κ2) is 4.40. The lowest BCUT2D eigenvalue weighted by molar-refractivity contribution is -0.119. The summed E-state index contributed by atoms with van der Waals surface area (Å²) >= 11 is 0. The number of carbonyl (C=O) groups is 1. The van der Waals surface area contributed by atoms with Gasteiger partial charge in [0.15, 0.2) is 0 Å². The number of pyridine rings is 1. The van der Waals surface area contributed by atoms with E-state index in [9.17, 15) is 4.79 Å². The zero-order valence-corrected chi connectivity index (χ0v) is 9.40. The summed E-state index contributed by atoms with van der Waals surface area (Å²) in [5.74, 6) is -0.00417. The van der Waals surface area contributed by atoms with Crippen LogP contribution in [0.5, 0.6) is 0 Å². The van der Waals surface area contributed by atoms with Crippen LogP contribution in [-0.2, 0) is 4.79 Å². The van der Waals surface area contributed by atoms with Gasteiger partial charge >= 0.3 is 0 Å². The molecule has 0 spiro atoms. The Bertz CT molecular complexity index is 329. The molecule has 0 saturated carbocycles. The molecule has 0 aliphatic rings. The van der Waals surface area contributed by atoms with Crippen molar-refractivity contribution in [3.8, 4) is 0 Å². The molecule has 0 bridgehead atoms. The van der Waals surface area contributed by atoms with Crippen molar-refractivity contribution in [3.05, 3.63) is 24.5 Å². The number of nitrogens with two attached hydrogens (primary N) is 1. The van der Waals surface area contributed by atoms with E-state index in [1.54, 1.807) is 30.4 Å². The summed E-state index contributed by atoms with van der Waals surface area (Å²) in [6.07, 6.45) is 3.65. The van der Waals surface area contributed by atoms with E-state index in [1.165, 1.54) is 0 Å². The maximum Gasteiger partial charge on any atom is 0.228 e. The topological polar surface area (TPSA) is 59.2 Å². The standard InChI is InChI=1S/C11H17N3O/c1-11(2,12)7-10(15)14(3)9-5-4-6-13-8-9/h4-6,8H,7,12H2,1-3H3. The highest BCUT2D eigenvalue weighted by Gasteiger charge is 2.19. The van der Waals surface area contributed by atoms with Crippen LogP contribution < -0.4 is 10.6 Å². The van der Waals surface area contributed by atoms with Crippen LogP contribution in [0.3, 0.4) is 0 Å². The number of carbonyl (C=O) groups excluding carboxylic acids is 1. The maximum atomic E-state index is 11.8. The fourth-order valence-corrected chi connectivity index (χ4v) is 1.20. The van der Waals surface area contributed by atoms with Gasteiger partial charge in [-0.2, -0.15) is 0 Å². The lowest BCUT2D eigenvalue weighted by Gasteiger charge is -2.23. The van der Waals surface area contributed by atoms with Crippen molar-refractivity contribution in [1.29, 1.82) is 0 Å². The molecule has 0 fully saturated rings. The molecular formula is C11H17N3O. The molecule has 15 heavy (non-hydrogen) atoms. The van der Waals surface area contributed by atoms with Crippen LogP contribution in [0.2, 0.25) is 0 Å². The van der Waals surface area contributed by atoms with Gasteiger partial charge in [0.2, 0.25) is 5.91 Å². The van der Waals surface area contributed by atoms with Crippen LogP contribution in [0.25, 0.3) is 0 Å². The molecular weight excluding hydrogens is 190 g/mol. The van der Waals surface area contributed by atoms with E-state index < -0.39 is 5.54 Å². The van der Waals surface area contributed by atoms with E-state index in [1.807, 2.05) is 19.9 Å². The lowest BCUT2D eigenvalue weighted by atomic mass is 10.0. The molecule has 0 atom stereocenters. The highest BCUT2D eigenvalue weighted by atomic mass is 16.2.